The molecule has 0 aliphatic carbocycles. The number of carbonyl (C=O) groups is 1. The number of nitrogens with zero attached hydrogens (tertiary/aromatic N) is 2. The number of aliphatic carboxylic acids is 1. The van der Waals surface area contributed by atoms with Crippen molar-refractivity contribution in [2.24, 2.45) is 0 Å². The summed E-state index contributed by atoms with van der Waals surface area (Å²) in [6, 6.07) is 0. The Bertz CT molecular complexity index is 329. The van der Waals surface area contributed by atoms with Crippen LogP contribution in [0.3, 0.4) is 0 Å². The molecule has 0 bridgehead atoms. The Balaban J connectivity index is 2.25. The first kappa shape index (κ1) is 13.0. The van der Waals surface area contributed by atoms with Gasteiger partial charge in [0.25, 0.3) is 5.22 Å². The van der Waals surface area contributed by atoms with Crippen molar-refractivity contribution in [1.29, 1.82) is 0 Å². The molecule has 1 heterocycles. The quantitative estimate of drug-likeness (QED) is 0.545. The first-order chi connectivity index (χ1) is 7.72. The van der Waals surface area contributed by atoms with E-state index in [0.29, 0.717) is 18.9 Å². The van der Waals surface area contributed by atoms with Crippen LogP contribution in [-0.4, -0.2) is 40.2 Å². The lowest BCUT2D eigenvalue weighted by Crippen LogP contribution is -1.99. The van der Waals surface area contributed by atoms with Gasteiger partial charge in [0.15, 0.2) is 0 Å². The summed E-state index contributed by atoms with van der Waals surface area (Å²) in [6.45, 7) is 3.29. The van der Waals surface area contributed by atoms with Crippen molar-refractivity contribution >= 4 is 17.7 Å². The Morgan fingerprint density at radius 1 is 1.50 bits per heavy atom. The van der Waals surface area contributed by atoms with E-state index in [1.165, 1.54) is 0 Å². The Labute approximate surface area is 97.4 Å². The predicted molar refractivity (Wildman–Crippen MR) is 57.5 cm³/mol. The Kier molecular flexibility index (Phi) is 5.87. The zero-order chi connectivity index (χ0) is 11.8. The molecule has 1 N–H and O–H groups in total. The third kappa shape index (κ3) is 5.13. The summed E-state index contributed by atoms with van der Waals surface area (Å²) in [7, 11) is 0. The largest absolute Gasteiger partial charge is 0.481 e. The molecule has 90 valence electrons. The van der Waals surface area contributed by atoms with E-state index in [2.05, 4.69) is 10.2 Å². The minimum atomic E-state index is -0.906. The molecule has 1 aromatic rings. The average Bonchev–Trinajstić information content (AvgIpc) is 2.70. The lowest BCUT2D eigenvalue weighted by molar-refractivity contribution is -0.133. The van der Waals surface area contributed by atoms with Gasteiger partial charge in [-0.2, -0.15) is 0 Å². The number of ether oxygens (including phenoxy) is 1. The molecule has 0 saturated carbocycles. The molecule has 6 nitrogen and oxygen atoms in total. The average molecular weight is 246 g/mol. The van der Waals surface area contributed by atoms with Crippen LogP contribution < -0.4 is 0 Å². The molecule has 0 aliphatic heterocycles. The van der Waals surface area contributed by atoms with Crippen LogP contribution in [0.15, 0.2) is 9.64 Å². The van der Waals surface area contributed by atoms with Gasteiger partial charge < -0.3 is 14.3 Å². The van der Waals surface area contributed by atoms with E-state index in [1.807, 2.05) is 6.92 Å². The second-order valence-electron chi connectivity index (χ2n) is 3.01. The van der Waals surface area contributed by atoms with Crippen molar-refractivity contribution < 1.29 is 19.1 Å². The topological polar surface area (TPSA) is 85.5 Å². The second-order valence-corrected chi connectivity index (χ2v) is 3.93. The summed E-state index contributed by atoms with van der Waals surface area (Å²) in [6.07, 6.45) is 1.53. The molecule has 0 saturated heterocycles. The number of carboxylic acid groups (broad SMARTS) is 1. The van der Waals surface area contributed by atoms with Crippen molar-refractivity contribution in [2.75, 3.05) is 19.0 Å². The van der Waals surface area contributed by atoms with E-state index in [0.717, 1.165) is 24.8 Å². The molecule has 0 spiro atoms. The van der Waals surface area contributed by atoms with Gasteiger partial charge in [-0.05, 0) is 6.42 Å². The highest BCUT2D eigenvalue weighted by atomic mass is 32.2. The van der Waals surface area contributed by atoms with Gasteiger partial charge in [-0.3, -0.25) is 4.79 Å². The van der Waals surface area contributed by atoms with Crippen molar-refractivity contribution in [1.82, 2.24) is 10.2 Å². The monoisotopic (exact) mass is 246 g/mol. The van der Waals surface area contributed by atoms with Crippen LogP contribution in [0.4, 0.5) is 0 Å². The highest BCUT2D eigenvalue weighted by Crippen LogP contribution is 2.15. The Morgan fingerprint density at radius 2 is 2.31 bits per heavy atom. The van der Waals surface area contributed by atoms with Gasteiger partial charge in [0, 0.05) is 13.0 Å². The molecule has 0 fully saturated rings. The summed E-state index contributed by atoms with van der Waals surface area (Å²) in [5.41, 5.74) is 0. The van der Waals surface area contributed by atoms with Crippen LogP contribution in [0.25, 0.3) is 0 Å². The molecule has 7 heteroatoms. The van der Waals surface area contributed by atoms with E-state index in [9.17, 15) is 4.79 Å². The third-order valence-corrected chi connectivity index (χ3v) is 2.38. The van der Waals surface area contributed by atoms with Gasteiger partial charge in [0.1, 0.15) is 5.75 Å². The van der Waals surface area contributed by atoms with Crippen LogP contribution >= 0.6 is 11.8 Å². The normalized spacial score (nSPS) is 10.6. The van der Waals surface area contributed by atoms with Crippen LogP contribution in [0, 0.1) is 0 Å². The summed E-state index contributed by atoms with van der Waals surface area (Å²) in [4.78, 5) is 10.3. The van der Waals surface area contributed by atoms with Crippen molar-refractivity contribution in [3.05, 3.63) is 5.89 Å². The zero-order valence-corrected chi connectivity index (χ0v) is 9.83. The summed E-state index contributed by atoms with van der Waals surface area (Å²) in [5.74, 6) is -0.506. The number of rotatable bonds is 8. The lowest BCUT2D eigenvalue weighted by Gasteiger charge is -1.97. The van der Waals surface area contributed by atoms with Gasteiger partial charge in [0.05, 0.1) is 6.61 Å². The fourth-order valence-corrected chi connectivity index (χ4v) is 1.43. The van der Waals surface area contributed by atoms with E-state index in [1.54, 1.807) is 0 Å². The van der Waals surface area contributed by atoms with E-state index < -0.39 is 5.97 Å². The molecule has 0 unspecified atom stereocenters. The maximum atomic E-state index is 10.3. The van der Waals surface area contributed by atoms with Crippen molar-refractivity contribution in [2.45, 2.75) is 25.0 Å². The Morgan fingerprint density at radius 3 is 3.00 bits per heavy atom. The van der Waals surface area contributed by atoms with E-state index in [-0.39, 0.29) is 11.0 Å². The molecule has 1 aromatic heterocycles. The molecular weight excluding hydrogens is 232 g/mol. The SMILES string of the molecule is CCCOCCc1nnc(SCC(=O)O)o1. The summed E-state index contributed by atoms with van der Waals surface area (Å²) in [5, 5.41) is 16.2. The number of hydrogen-bond acceptors (Lipinski definition) is 6. The van der Waals surface area contributed by atoms with Gasteiger partial charge in [0.2, 0.25) is 5.89 Å². The fraction of sp³-hybridized carbons (Fsp3) is 0.667. The second kappa shape index (κ2) is 7.24. The Hall–Kier alpha value is -1.08. The lowest BCUT2D eigenvalue weighted by atomic mass is 10.4. The summed E-state index contributed by atoms with van der Waals surface area (Å²) < 4.78 is 10.5. The van der Waals surface area contributed by atoms with Crippen LogP contribution in [0.1, 0.15) is 19.2 Å². The van der Waals surface area contributed by atoms with Crippen LogP contribution in [0.2, 0.25) is 0 Å². The van der Waals surface area contributed by atoms with Crippen molar-refractivity contribution in [3.63, 3.8) is 0 Å². The van der Waals surface area contributed by atoms with Gasteiger partial charge in [-0.1, -0.05) is 18.7 Å². The molecule has 0 aromatic carbocycles. The molecular formula is C9H14N2O4S. The highest BCUT2D eigenvalue weighted by Gasteiger charge is 2.08. The maximum absolute atomic E-state index is 10.3. The molecule has 0 amide bonds. The minimum absolute atomic E-state index is 0.0754. The number of aromatic nitrogens is 2. The smallest absolute Gasteiger partial charge is 0.314 e. The van der Waals surface area contributed by atoms with Gasteiger partial charge >= 0.3 is 5.97 Å². The standard InChI is InChI=1S/C9H14N2O4S/c1-2-4-14-5-3-7-10-11-9(15-7)16-6-8(12)13/h2-6H2,1H3,(H,12,13). The predicted octanol–water partition coefficient (Wildman–Crippen LogP) is 1.22. The number of hydrogen-bond donors (Lipinski definition) is 1. The minimum Gasteiger partial charge on any atom is -0.481 e. The third-order valence-electron chi connectivity index (χ3n) is 1.58. The number of thioether (sulfide) groups is 1. The zero-order valence-electron chi connectivity index (χ0n) is 9.01. The van der Waals surface area contributed by atoms with Gasteiger partial charge in [-0.15, -0.1) is 10.2 Å². The van der Waals surface area contributed by atoms with Crippen LogP contribution in [-0.2, 0) is 16.0 Å². The molecule has 0 aliphatic rings. The first-order valence-corrected chi connectivity index (χ1v) is 5.95. The first-order valence-electron chi connectivity index (χ1n) is 4.97. The van der Waals surface area contributed by atoms with E-state index in [4.69, 9.17) is 14.3 Å². The molecule has 16 heavy (non-hydrogen) atoms. The maximum Gasteiger partial charge on any atom is 0.314 e. The molecule has 0 radical (unpaired) electrons. The number of carboxylic acids is 1. The molecule has 1 rings (SSSR count). The van der Waals surface area contributed by atoms with Crippen molar-refractivity contribution in [3.8, 4) is 0 Å². The van der Waals surface area contributed by atoms with E-state index >= 15 is 0 Å². The molecule has 0 atom stereocenters. The highest BCUT2D eigenvalue weighted by molar-refractivity contribution is 7.99. The van der Waals surface area contributed by atoms with Gasteiger partial charge in [-0.25, -0.2) is 0 Å². The van der Waals surface area contributed by atoms with Crippen LogP contribution in [0.5, 0.6) is 0 Å². The fourth-order valence-electron chi connectivity index (χ4n) is 0.927. The summed E-state index contributed by atoms with van der Waals surface area (Å²) >= 11 is 1.01.